The molecule has 194 valence electrons. The molecule has 7 nitrogen and oxygen atoms in total. The number of rotatable bonds is 12. The Morgan fingerprint density at radius 1 is 0.892 bits per heavy atom. The predicted molar refractivity (Wildman–Crippen MR) is 151 cm³/mol. The Morgan fingerprint density at radius 3 is 2.22 bits per heavy atom. The molecule has 0 spiro atoms. The third-order valence-corrected chi connectivity index (χ3v) is 6.10. The molecule has 37 heavy (non-hydrogen) atoms. The van der Waals surface area contributed by atoms with Gasteiger partial charge in [-0.25, -0.2) is 0 Å². The smallest absolute Gasteiger partial charge is 0.186 e. The zero-order valence-corrected chi connectivity index (χ0v) is 21.8. The Kier molecular flexibility index (Phi) is 10.7. The largest absolute Gasteiger partial charge is 0.485 e. The molecule has 0 aliphatic carbocycles. The number of benzene rings is 3. The van der Waals surface area contributed by atoms with E-state index in [1.165, 1.54) is 0 Å². The van der Waals surface area contributed by atoms with Crippen LogP contribution in [0, 0.1) is 0 Å². The molecule has 0 unspecified atom stereocenters. The minimum atomic E-state index is 0.444. The third-order valence-electron chi connectivity index (χ3n) is 5.86. The van der Waals surface area contributed by atoms with Gasteiger partial charge in [-0.15, -0.1) is 0 Å². The fraction of sp³-hybridized carbons (Fsp3) is 0.310. The van der Waals surface area contributed by atoms with Crippen molar-refractivity contribution in [1.82, 2.24) is 15.6 Å². The Bertz CT molecular complexity index is 1120. The molecule has 1 fully saturated rings. The number of hydrogen-bond acceptors (Lipinski definition) is 6. The average molecular weight is 519 g/mol. The van der Waals surface area contributed by atoms with E-state index in [2.05, 4.69) is 20.7 Å². The molecule has 0 bridgehead atoms. The molecule has 1 heterocycles. The van der Waals surface area contributed by atoms with Gasteiger partial charge in [0.1, 0.15) is 13.2 Å². The second-order valence-corrected chi connectivity index (χ2v) is 9.10. The number of hydrogen-bond donors (Lipinski definition) is 2. The lowest BCUT2D eigenvalue weighted by atomic mass is 10.2. The second-order valence-electron chi connectivity index (χ2n) is 8.69. The van der Waals surface area contributed by atoms with E-state index in [4.69, 9.17) is 26.4 Å². The number of nitrogens with zero attached hydrogens (tertiary/aromatic N) is 2. The Hall–Kier alpha value is -3.46. The van der Waals surface area contributed by atoms with Crippen LogP contribution in [0.2, 0.25) is 0 Å². The first-order chi connectivity index (χ1) is 18.3. The minimum Gasteiger partial charge on any atom is -0.485 e. The summed E-state index contributed by atoms with van der Waals surface area (Å²) in [5.74, 6) is 1.34. The quantitative estimate of drug-likeness (QED) is 0.160. The average Bonchev–Trinajstić information content (AvgIpc) is 2.95. The van der Waals surface area contributed by atoms with Gasteiger partial charge in [0.15, 0.2) is 16.6 Å². The van der Waals surface area contributed by atoms with Crippen LogP contribution in [0.5, 0.6) is 11.5 Å². The highest BCUT2D eigenvalue weighted by Gasteiger charge is 2.10. The Labute approximate surface area is 224 Å². The summed E-state index contributed by atoms with van der Waals surface area (Å²) >= 11 is 5.35. The van der Waals surface area contributed by atoms with Crippen molar-refractivity contribution >= 4 is 23.5 Å². The lowest BCUT2D eigenvalue weighted by Gasteiger charge is -2.26. The van der Waals surface area contributed by atoms with E-state index in [0.717, 1.165) is 62.5 Å². The van der Waals surface area contributed by atoms with Crippen LogP contribution >= 0.6 is 12.2 Å². The van der Waals surface area contributed by atoms with Gasteiger partial charge in [0.2, 0.25) is 0 Å². The number of morpholine rings is 1. The van der Waals surface area contributed by atoms with E-state index in [1.54, 1.807) is 6.21 Å². The minimum absolute atomic E-state index is 0.444. The van der Waals surface area contributed by atoms with Gasteiger partial charge < -0.3 is 19.5 Å². The van der Waals surface area contributed by atoms with Gasteiger partial charge in [0, 0.05) is 19.6 Å². The number of hydrazone groups is 1. The highest BCUT2D eigenvalue weighted by atomic mass is 32.1. The predicted octanol–water partition coefficient (Wildman–Crippen LogP) is 4.36. The molecule has 3 aromatic rings. The van der Waals surface area contributed by atoms with E-state index < -0.39 is 0 Å². The van der Waals surface area contributed by atoms with E-state index >= 15 is 0 Å². The molecular weight excluding hydrogens is 484 g/mol. The van der Waals surface area contributed by atoms with Crippen molar-refractivity contribution in [3.05, 3.63) is 95.6 Å². The zero-order chi connectivity index (χ0) is 25.5. The lowest BCUT2D eigenvalue weighted by Crippen LogP contribution is -2.39. The first-order valence-electron chi connectivity index (χ1n) is 12.6. The van der Waals surface area contributed by atoms with Crippen molar-refractivity contribution in [2.75, 3.05) is 39.4 Å². The fourth-order valence-electron chi connectivity index (χ4n) is 3.84. The number of thiocarbonyl (C=S) groups is 1. The topological polar surface area (TPSA) is 67.4 Å². The maximum atomic E-state index is 6.14. The molecular formula is C29H34N4O3S. The molecule has 1 aliphatic rings. The van der Waals surface area contributed by atoms with Crippen LogP contribution in [0.1, 0.15) is 23.1 Å². The van der Waals surface area contributed by atoms with Gasteiger partial charge >= 0.3 is 0 Å². The van der Waals surface area contributed by atoms with Gasteiger partial charge in [-0.05, 0) is 60.1 Å². The molecule has 1 aliphatic heterocycles. The van der Waals surface area contributed by atoms with E-state index in [0.29, 0.717) is 29.8 Å². The van der Waals surface area contributed by atoms with Gasteiger partial charge in [0.05, 0.1) is 19.4 Å². The SMILES string of the molecule is S=C(NCCCN1CCOCC1)N/N=C\c1ccc(OCc2ccccc2)c(OCc2ccccc2)c1. The molecule has 3 aromatic carbocycles. The maximum absolute atomic E-state index is 6.14. The summed E-state index contributed by atoms with van der Waals surface area (Å²) in [6.45, 7) is 6.38. The number of nitrogens with one attached hydrogen (secondary N) is 2. The van der Waals surface area contributed by atoms with E-state index in [1.807, 2.05) is 78.9 Å². The van der Waals surface area contributed by atoms with Crippen LogP contribution in [0.3, 0.4) is 0 Å². The fourth-order valence-corrected chi connectivity index (χ4v) is 4.00. The van der Waals surface area contributed by atoms with Crippen molar-refractivity contribution in [2.24, 2.45) is 5.10 Å². The first-order valence-corrected chi connectivity index (χ1v) is 13.0. The van der Waals surface area contributed by atoms with Crippen LogP contribution in [0.15, 0.2) is 84.0 Å². The summed E-state index contributed by atoms with van der Waals surface area (Å²) in [4.78, 5) is 2.41. The summed E-state index contributed by atoms with van der Waals surface area (Å²) in [6.07, 6.45) is 2.73. The van der Waals surface area contributed by atoms with Crippen molar-refractivity contribution in [3.63, 3.8) is 0 Å². The molecule has 0 saturated carbocycles. The van der Waals surface area contributed by atoms with Crippen molar-refractivity contribution < 1.29 is 14.2 Å². The Morgan fingerprint density at radius 2 is 1.54 bits per heavy atom. The van der Waals surface area contributed by atoms with Gasteiger partial charge in [-0.2, -0.15) is 5.10 Å². The van der Waals surface area contributed by atoms with Crippen molar-refractivity contribution in [3.8, 4) is 11.5 Å². The van der Waals surface area contributed by atoms with Crippen molar-refractivity contribution in [1.29, 1.82) is 0 Å². The zero-order valence-electron chi connectivity index (χ0n) is 21.0. The Balaban J connectivity index is 1.29. The normalized spacial score (nSPS) is 13.8. The molecule has 0 atom stereocenters. The van der Waals surface area contributed by atoms with Gasteiger partial charge in [0.25, 0.3) is 0 Å². The summed E-state index contributed by atoms with van der Waals surface area (Å²) < 4.78 is 17.6. The van der Waals surface area contributed by atoms with Gasteiger partial charge in [-0.1, -0.05) is 60.7 Å². The summed E-state index contributed by atoms with van der Waals surface area (Å²) in [7, 11) is 0. The number of ether oxygens (including phenoxy) is 3. The van der Waals surface area contributed by atoms with E-state index in [-0.39, 0.29) is 0 Å². The van der Waals surface area contributed by atoms with Crippen LogP contribution in [-0.2, 0) is 18.0 Å². The maximum Gasteiger partial charge on any atom is 0.186 e. The van der Waals surface area contributed by atoms with Crippen LogP contribution < -0.4 is 20.2 Å². The molecule has 8 heteroatoms. The van der Waals surface area contributed by atoms with Crippen molar-refractivity contribution in [2.45, 2.75) is 19.6 Å². The molecule has 4 rings (SSSR count). The third kappa shape index (κ3) is 9.49. The summed E-state index contributed by atoms with van der Waals surface area (Å²) in [5, 5.41) is 8.00. The summed E-state index contributed by atoms with van der Waals surface area (Å²) in [6, 6.07) is 25.9. The summed E-state index contributed by atoms with van der Waals surface area (Å²) in [5.41, 5.74) is 5.95. The monoisotopic (exact) mass is 518 g/mol. The molecule has 0 aromatic heterocycles. The standard InChI is InChI=1S/C29H34N4O3S/c37-29(30-14-7-15-33-16-18-34-19-17-33)32-31-21-26-12-13-27(35-22-24-8-3-1-4-9-24)28(20-26)36-23-25-10-5-2-6-11-25/h1-6,8-13,20-21H,7,14-19,22-23H2,(H2,30,32,37)/b31-21-. The van der Waals surface area contributed by atoms with Crippen LogP contribution in [-0.4, -0.2) is 55.6 Å². The highest BCUT2D eigenvalue weighted by Crippen LogP contribution is 2.29. The second kappa shape index (κ2) is 14.9. The molecule has 1 saturated heterocycles. The van der Waals surface area contributed by atoms with Crippen LogP contribution in [0.4, 0.5) is 0 Å². The first kappa shape index (κ1) is 26.6. The molecule has 0 radical (unpaired) electrons. The molecule has 2 N–H and O–H groups in total. The van der Waals surface area contributed by atoms with E-state index in [9.17, 15) is 0 Å². The van der Waals surface area contributed by atoms with Crippen LogP contribution in [0.25, 0.3) is 0 Å². The highest BCUT2D eigenvalue weighted by molar-refractivity contribution is 7.80. The molecule has 0 amide bonds. The van der Waals surface area contributed by atoms with Gasteiger partial charge in [-0.3, -0.25) is 10.3 Å². The lowest BCUT2D eigenvalue weighted by molar-refractivity contribution is 0.0376.